The fraction of sp³-hybridized carbons (Fsp3) is 0.615. The summed E-state index contributed by atoms with van der Waals surface area (Å²) in [7, 11) is 1.87. The van der Waals surface area contributed by atoms with Crippen molar-refractivity contribution in [3.05, 3.63) is 18.2 Å². The van der Waals surface area contributed by atoms with Crippen LogP contribution in [0, 0.1) is 0 Å². The summed E-state index contributed by atoms with van der Waals surface area (Å²) in [6, 6.07) is 6.00. The first-order valence-electron chi connectivity index (χ1n) is 6.23. The number of aliphatic hydroxyl groups is 1. The first kappa shape index (κ1) is 12.2. The minimum Gasteiger partial charge on any atom is -0.390 e. The van der Waals surface area contributed by atoms with Crippen molar-refractivity contribution in [3.8, 4) is 0 Å². The minimum atomic E-state index is -0.518. The standard InChI is InChI=1S/C13H21N3O/c1-13(17)7-4-9-16(10-8-13)12-6-3-5-11(14-2)15-12/h3,5-6,17H,4,7-10H2,1-2H3,(H,14,15). The van der Waals surface area contributed by atoms with Crippen LogP contribution in [0.2, 0.25) is 0 Å². The second kappa shape index (κ2) is 4.92. The van der Waals surface area contributed by atoms with Gasteiger partial charge in [0.1, 0.15) is 11.6 Å². The molecule has 0 radical (unpaired) electrons. The lowest BCUT2D eigenvalue weighted by Gasteiger charge is -2.23. The largest absolute Gasteiger partial charge is 0.390 e. The number of rotatable bonds is 2. The summed E-state index contributed by atoms with van der Waals surface area (Å²) in [5, 5.41) is 13.1. The topological polar surface area (TPSA) is 48.4 Å². The number of anilines is 2. The first-order chi connectivity index (χ1) is 8.11. The Labute approximate surface area is 103 Å². The van der Waals surface area contributed by atoms with E-state index in [-0.39, 0.29) is 0 Å². The van der Waals surface area contributed by atoms with Crippen LogP contribution in [-0.2, 0) is 0 Å². The fourth-order valence-corrected chi connectivity index (χ4v) is 2.23. The predicted molar refractivity (Wildman–Crippen MR) is 70.5 cm³/mol. The summed E-state index contributed by atoms with van der Waals surface area (Å²) in [4.78, 5) is 6.79. The van der Waals surface area contributed by atoms with Gasteiger partial charge in [-0.25, -0.2) is 4.98 Å². The van der Waals surface area contributed by atoms with Crippen LogP contribution >= 0.6 is 0 Å². The minimum absolute atomic E-state index is 0.518. The Morgan fingerprint density at radius 1 is 1.35 bits per heavy atom. The molecule has 0 spiro atoms. The van der Waals surface area contributed by atoms with Crippen molar-refractivity contribution in [1.82, 2.24) is 4.98 Å². The molecule has 1 unspecified atom stereocenters. The van der Waals surface area contributed by atoms with Gasteiger partial charge in [-0.15, -0.1) is 0 Å². The Bertz CT molecular complexity index is 379. The van der Waals surface area contributed by atoms with Gasteiger partial charge < -0.3 is 15.3 Å². The zero-order valence-electron chi connectivity index (χ0n) is 10.6. The number of nitrogens with zero attached hydrogens (tertiary/aromatic N) is 2. The van der Waals surface area contributed by atoms with Crippen LogP contribution in [0.25, 0.3) is 0 Å². The third-order valence-corrected chi connectivity index (χ3v) is 3.38. The van der Waals surface area contributed by atoms with E-state index in [0.29, 0.717) is 0 Å². The van der Waals surface area contributed by atoms with Crippen LogP contribution in [0.3, 0.4) is 0 Å². The molecule has 4 heteroatoms. The quantitative estimate of drug-likeness (QED) is 0.821. The van der Waals surface area contributed by atoms with Crippen molar-refractivity contribution in [3.63, 3.8) is 0 Å². The average Bonchev–Trinajstić information content (AvgIpc) is 2.50. The summed E-state index contributed by atoms with van der Waals surface area (Å²) in [5.41, 5.74) is -0.518. The molecule has 1 atom stereocenters. The van der Waals surface area contributed by atoms with Gasteiger partial charge in [-0.05, 0) is 38.3 Å². The maximum absolute atomic E-state index is 10.1. The van der Waals surface area contributed by atoms with Crippen molar-refractivity contribution in [2.45, 2.75) is 31.8 Å². The monoisotopic (exact) mass is 235 g/mol. The lowest BCUT2D eigenvalue weighted by molar-refractivity contribution is 0.0481. The van der Waals surface area contributed by atoms with Crippen LogP contribution in [0.4, 0.5) is 11.6 Å². The molecular formula is C13H21N3O. The molecular weight excluding hydrogens is 214 g/mol. The van der Waals surface area contributed by atoms with Gasteiger partial charge in [-0.1, -0.05) is 6.07 Å². The van der Waals surface area contributed by atoms with Crippen LogP contribution in [0.5, 0.6) is 0 Å². The zero-order chi connectivity index (χ0) is 12.3. The summed E-state index contributed by atoms with van der Waals surface area (Å²) < 4.78 is 0. The maximum Gasteiger partial charge on any atom is 0.130 e. The summed E-state index contributed by atoms with van der Waals surface area (Å²) in [5.74, 6) is 1.88. The predicted octanol–water partition coefficient (Wildman–Crippen LogP) is 1.86. The molecule has 4 nitrogen and oxygen atoms in total. The highest BCUT2D eigenvalue weighted by molar-refractivity contribution is 5.46. The number of pyridine rings is 1. The van der Waals surface area contributed by atoms with E-state index in [9.17, 15) is 5.11 Å². The van der Waals surface area contributed by atoms with Gasteiger partial charge >= 0.3 is 0 Å². The lowest BCUT2D eigenvalue weighted by Crippen LogP contribution is -2.28. The van der Waals surface area contributed by atoms with Crippen molar-refractivity contribution >= 4 is 11.6 Å². The molecule has 1 aliphatic heterocycles. The normalized spacial score (nSPS) is 25.5. The van der Waals surface area contributed by atoms with E-state index in [0.717, 1.165) is 44.0 Å². The van der Waals surface area contributed by atoms with Gasteiger partial charge in [0.2, 0.25) is 0 Å². The molecule has 0 aromatic carbocycles. The molecule has 17 heavy (non-hydrogen) atoms. The van der Waals surface area contributed by atoms with Gasteiger partial charge in [0.25, 0.3) is 0 Å². The number of nitrogens with one attached hydrogen (secondary N) is 1. The van der Waals surface area contributed by atoms with Crippen molar-refractivity contribution < 1.29 is 5.11 Å². The van der Waals surface area contributed by atoms with Gasteiger partial charge in [-0.3, -0.25) is 0 Å². The van der Waals surface area contributed by atoms with Crippen LogP contribution in [0.15, 0.2) is 18.2 Å². The zero-order valence-corrected chi connectivity index (χ0v) is 10.6. The molecule has 0 saturated carbocycles. The Morgan fingerprint density at radius 2 is 2.18 bits per heavy atom. The molecule has 2 N–H and O–H groups in total. The number of hydrogen-bond donors (Lipinski definition) is 2. The van der Waals surface area contributed by atoms with Gasteiger partial charge in [0, 0.05) is 20.1 Å². The molecule has 1 fully saturated rings. The molecule has 1 aromatic heterocycles. The van der Waals surface area contributed by atoms with E-state index in [4.69, 9.17) is 0 Å². The molecule has 94 valence electrons. The Hall–Kier alpha value is -1.29. The lowest BCUT2D eigenvalue weighted by atomic mass is 9.98. The van der Waals surface area contributed by atoms with Crippen molar-refractivity contribution in [2.75, 3.05) is 30.4 Å². The van der Waals surface area contributed by atoms with E-state index in [1.54, 1.807) is 0 Å². The van der Waals surface area contributed by atoms with Gasteiger partial charge in [-0.2, -0.15) is 0 Å². The Kier molecular flexibility index (Phi) is 3.52. The third-order valence-electron chi connectivity index (χ3n) is 3.38. The maximum atomic E-state index is 10.1. The van der Waals surface area contributed by atoms with Crippen LogP contribution in [-0.4, -0.2) is 35.8 Å². The van der Waals surface area contributed by atoms with Gasteiger partial charge in [0.15, 0.2) is 0 Å². The van der Waals surface area contributed by atoms with E-state index in [1.165, 1.54) is 0 Å². The highest BCUT2D eigenvalue weighted by atomic mass is 16.3. The third kappa shape index (κ3) is 3.09. The van der Waals surface area contributed by atoms with Crippen LogP contribution < -0.4 is 10.2 Å². The SMILES string of the molecule is CNc1cccc(N2CCCC(C)(O)CC2)n1. The highest BCUT2D eigenvalue weighted by Crippen LogP contribution is 2.24. The number of hydrogen-bond acceptors (Lipinski definition) is 4. The second-order valence-electron chi connectivity index (χ2n) is 4.97. The Morgan fingerprint density at radius 3 is 2.94 bits per heavy atom. The van der Waals surface area contributed by atoms with Crippen molar-refractivity contribution in [1.29, 1.82) is 0 Å². The summed E-state index contributed by atoms with van der Waals surface area (Å²) in [6.07, 6.45) is 2.69. The summed E-state index contributed by atoms with van der Waals surface area (Å²) >= 11 is 0. The van der Waals surface area contributed by atoms with Crippen LogP contribution in [0.1, 0.15) is 26.2 Å². The number of aromatic nitrogens is 1. The molecule has 2 heterocycles. The van der Waals surface area contributed by atoms with Gasteiger partial charge in [0.05, 0.1) is 5.60 Å². The highest BCUT2D eigenvalue weighted by Gasteiger charge is 2.25. The van der Waals surface area contributed by atoms with E-state index < -0.39 is 5.60 Å². The molecule has 1 aromatic rings. The molecule has 0 aliphatic carbocycles. The van der Waals surface area contributed by atoms with Crippen molar-refractivity contribution in [2.24, 2.45) is 0 Å². The fourth-order valence-electron chi connectivity index (χ4n) is 2.23. The molecule has 0 bridgehead atoms. The van der Waals surface area contributed by atoms with E-state index >= 15 is 0 Å². The summed E-state index contributed by atoms with van der Waals surface area (Å²) in [6.45, 7) is 3.76. The smallest absolute Gasteiger partial charge is 0.130 e. The van der Waals surface area contributed by atoms with E-state index in [1.807, 2.05) is 32.2 Å². The average molecular weight is 235 g/mol. The molecule has 0 amide bonds. The first-order valence-corrected chi connectivity index (χ1v) is 6.23. The molecule has 1 saturated heterocycles. The molecule has 1 aliphatic rings. The Balaban J connectivity index is 2.11. The van der Waals surface area contributed by atoms with E-state index in [2.05, 4.69) is 15.2 Å². The molecule has 2 rings (SSSR count). The second-order valence-corrected chi connectivity index (χ2v) is 4.97.